The number of piperidine rings is 1. The summed E-state index contributed by atoms with van der Waals surface area (Å²) in [6.07, 6.45) is 4.47. The molecule has 0 aromatic rings. The maximum Gasteiger partial charge on any atom is 0.219 e. The van der Waals surface area contributed by atoms with Gasteiger partial charge in [0.25, 0.3) is 0 Å². The zero-order chi connectivity index (χ0) is 8.97. The van der Waals surface area contributed by atoms with Crippen LogP contribution in [0.2, 0.25) is 0 Å². The second-order valence-corrected chi connectivity index (χ2v) is 3.72. The second kappa shape index (κ2) is 4.70. The monoisotopic (exact) mass is 189 g/mol. The Hall–Kier alpha value is -0.240. The minimum absolute atomic E-state index is 0.199. The quantitative estimate of drug-likeness (QED) is 0.609. The van der Waals surface area contributed by atoms with Gasteiger partial charge >= 0.3 is 0 Å². The number of rotatable bonds is 2. The molecule has 2 nitrogen and oxygen atoms in total. The Kier molecular flexibility index (Phi) is 3.86. The van der Waals surface area contributed by atoms with Gasteiger partial charge in [0.1, 0.15) is 0 Å². The van der Waals surface area contributed by atoms with Crippen LogP contribution in [0.25, 0.3) is 0 Å². The van der Waals surface area contributed by atoms with Crippen molar-refractivity contribution in [1.29, 1.82) is 0 Å². The van der Waals surface area contributed by atoms with Crippen LogP contribution in [0.1, 0.15) is 32.6 Å². The fraction of sp³-hybridized carbons (Fsp3) is 0.889. The number of likely N-dealkylation sites (tertiary alicyclic amines) is 1. The molecule has 1 rings (SSSR count). The number of amides is 1. The molecule has 0 aromatic heterocycles. The van der Waals surface area contributed by atoms with Crippen LogP contribution in [-0.4, -0.2) is 29.3 Å². The van der Waals surface area contributed by atoms with E-state index in [0.717, 1.165) is 25.8 Å². The van der Waals surface area contributed by atoms with Gasteiger partial charge in [0.15, 0.2) is 0 Å². The van der Waals surface area contributed by atoms with Crippen LogP contribution in [0.5, 0.6) is 0 Å². The molecule has 3 heteroatoms. The van der Waals surface area contributed by atoms with Gasteiger partial charge in [-0.1, -0.05) is 0 Å². The minimum Gasteiger partial charge on any atom is -0.340 e. The highest BCUT2D eigenvalue weighted by Crippen LogP contribution is 2.19. The van der Waals surface area contributed by atoms with Crippen LogP contribution in [0, 0.1) is 0 Å². The lowest BCUT2D eigenvalue weighted by molar-refractivity contribution is -0.132. The van der Waals surface area contributed by atoms with Gasteiger partial charge in [-0.3, -0.25) is 4.79 Å². The molecule has 0 radical (unpaired) electrons. The number of hydrogen-bond donors (Lipinski definition) is 0. The average Bonchev–Trinajstić information content (AvgIpc) is 2.05. The van der Waals surface area contributed by atoms with Gasteiger partial charge in [0, 0.05) is 25.4 Å². The van der Waals surface area contributed by atoms with E-state index in [4.69, 9.17) is 11.6 Å². The van der Waals surface area contributed by atoms with E-state index in [0.29, 0.717) is 11.9 Å². The summed E-state index contributed by atoms with van der Waals surface area (Å²) in [5, 5.41) is 0. The van der Waals surface area contributed by atoms with Crippen LogP contribution in [0.3, 0.4) is 0 Å². The van der Waals surface area contributed by atoms with Crippen molar-refractivity contribution < 1.29 is 4.79 Å². The van der Waals surface area contributed by atoms with Crippen LogP contribution in [0.4, 0.5) is 0 Å². The second-order valence-electron chi connectivity index (χ2n) is 3.34. The molecular weight excluding hydrogens is 174 g/mol. The predicted molar refractivity (Wildman–Crippen MR) is 50.4 cm³/mol. The first-order valence-electron chi connectivity index (χ1n) is 4.59. The first kappa shape index (κ1) is 9.85. The fourth-order valence-corrected chi connectivity index (χ4v) is 2.09. The van der Waals surface area contributed by atoms with Gasteiger partial charge in [-0.25, -0.2) is 0 Å². The van der Waals surface area contributed by atoms with E-state index < -0.39 is 0 Å². The molecule has 0 N–H and O–H groups in total. The Morgan fingerprint density at radius 1 is 1.58 bits per heavy atom. The topological polar surface area (TPSA) is 20.3 Å². The maximum absolute atomic E-state index is 11.2. The SMILES string of the molecule is CC(=O)N1CCCCC1CCCl. The maximum atomic E-state index is 11.2. The number of hydrogen-bond acceptors (Lipinski definition) is 1. The summed E-state index contributed by atoms with van der Waals surface area (Å²) in [6.45, 7) is 2.57. The molecule has 0 spiro atoms. The normalized spacial score (nSPS) is 24.2. The summed E-state index contributed by atoms with van der Waals surface area (Å²) in [5.74, 6) is 0.860. The highest BCUT2D eigenvalue weighted by molar-refractivity contribution is 6.17. The Labute approximate surface area is 78.9 Å². The number of alkyl halides is 1. The minimum atomic E-state index is 0.199. The van der Waals surface area contributed by atoms with E-state index in [2.05, 4.69) is 0 Å². The highest BCUT2D eigenvalue weighted by Gasteiger charge is 2.23. The summed E-state index contributed by atoms with van der Waals surface area (Å²) < 4.78 is 0. The molecule has 1 aliphatic heterocycles. The molecule has 1 amide bonds. The summed E-state index contributed by atoms with van der Waals surface area (Å²) in [4.78, 5) is 13.1. The molecule has 70 valence electrons. The molecule has 12 heavy (non-hydrogen) atoms. The van der Waals surface area contributed by atoms with Crippen molar-refractivity contribution in [3.8, 4) is 0 Å². The van der Waals surface area contributed by atoms with Crippen molar-refractivity contribution in [3.63, 3.8) is 0 Å². The van der Waals surface area contributed by atoms with E-state index in [1.807, 2.05) is 4.90 Å². The lowest BCUT2D eigenvalue weighted by atomic mass is 10.0. The van der Waals surface area contributed by atoms with Gasteiger partial charge in [-0.2, -0.15) is 0 Å². The molecule has 1 unspecified atom stereocenters. The van der Waals surface area contributed by atoms with Crippen molar-refractivity contribution in [2.24, 2.45) is 0 Å². The third-order valence-corrected chi connectivity index (χ3v) is 2.69. The molecule has 1 atom stereocenters. The summed E-state index contributed by atoms with van der Waals surface area (Å²) in [6, 6.07) is 0.411. The Balaban J connectivity index is 2.48. The molecule has 0 bridgehead atoms. The van der Waals surface area contributed by atoms with E-state index >= 15 is 0 Å². The summed E-state index contributed by atoms with van der Waals surface area (Å²) in [7, 11) is 0. The van der Waals surface area contributed by atoms with E-state index in [9.17, 15) is 4.79 Å². The summed E-state index contributed by atoms with van der Waals surface area (Å²) in [5.41, 5.74) is 0. The average molecular weight is 190 g/mol. The zero-order valence-corrected chi connectivity index (χ0v) is 8.31. The van der Waals surface area contributed by atoms with Crippen molar-refractivity contribution in [2.75, 3.05) is 12.4 Å². The standard InChI is InChI=1S/C9H16ClNO/c1-8(12)11-7-3-2-4-9(11)5-6-10/h9H,2-7H2,1H3. The molecule has 1 aliphatic rings. The van der Waals surface area contributed by atoms with Crippen molar-refractivity contribution in [1.82, 2.24) is 4.90 Å². The Morgan fingerprint density at radius 2 is 2.33 bits per heavy atom. The number of halogens is 1. The van der Waals surface area contributed by atoms with E-state index in [1.165, 1.54) is 6.42 Å². The molecule has 1 fully saturated rings. The third-order valence-electron chi connectivity index (χ3n) is 2.47. The lowest BCUT2D eigenvalue weighted by Crippen LogP contribution is -2.42. The van der Waals surface area contributed by atoms with E-state index in [1.54, 1.807) is 6.92 Å². The van der Waals surface area contributed by atoms with Gasteiger partial charge in [-0.15, -0.1) is 11.6 Å². The smallest absolute Gasteiger partial charge is 0.219 e. The van der Waals surface area contributed by atoms with Gasteiger partial charge in [0.2, 0.25) is 5.91 Å². The molecule has 0 saturated carbocycles. The number of carbonyl (C=O) groups is 1. The lowest BCUT2D eigenvalue weighted by Gasteiger charge is -2.34. The zero-order valence-electron chi connectivity index (χ0n) is 7.55. The number of carbonyl (C=O) groups excluding carboxylic acids is 1. The van der Waals surface area contributed by atoms with Crippen molar-refractivity contribution in [2.45, 2.75) is 38.6 Å². The van der Waals surface area contributed by atoms with Crippen molar-refractivity contribution in [3.05, 3.63) is 0 Å². The first-order valence-corrected chi connectivity index (χ1v) is 5.12. The van der Waals surface area contributed by atoms with Crippen LogP contribution < -0.4 is 0 Å². The van der Waals surface area contributed by atoms with Crippen molar-refractivity contribution >= 4 is 17.5 Å². The molecule has 0 aliphatic carbocycles. The molecule has 1 saturated heterocycles. The molecule has 1 heterocycles. The Bertz CT molecular complexity index is 159. The predicted octanol–water partition coefficient (Wildman–Crippen LogP) is 2.02. The summed E-state index contributed by atoms with van der Waals surface area (Å²) >= 11 is 5.67. The van der Waals surface area contributed by atoms with Crippen LogP contribution in [-0.2, 0) is 4.79 Å². The highest BCUT2D eigenvalue weighted by atomic mass is 35.5. The molecular formula is C9H16ClNO. The first-order chi connectivity index (χ1) is 5.75. The molecule has 0 aromatic carbocycles. The van der Waals surface area contributed by atoms with E-state index in [-0.39, 0.29) is 5.91 Å². The largest absolute Gasteiger partial charge is 0.340 e. The van der Waals surface area contributed by atoms with Crippen LogP contribution >= 0.6 is 11.6 Å². The van der Waals surface area contributed by atoms with Crippen LogP contribution in [0.15, 0.2) is 0 Å². The van der Waals surface area contributed by atoms with Gasteiger partial charge in [-0.05, 0) is 25.7 Å². The van der Waals surface area contributed by atoms with Gasteiger partial charge in [0.05, 0.1) is 0 Å². The number of nitrogens with zero attached hydrogens (tertiary/aromatic N) is 1. The fourth-order valence-electron chi connectivity index (χ4n) is 1.84. The van der Waals surface area contributed by atoms with Gasteiger partial charge < -0.3 is 4.90 Å². The Morgan fingerprint density at radius 3 is 2.92 bits per heavy atom. The third kappa shape index (κ3) is 2.37.